The van der Waals surface area contributed by atoms with E-state index >= 15 is 0 Å². The van der Waals surface area contributed by atoms with Crippen molar-refractivity contribution in [1.29, 1.82) is 0 Å². The molecule has 2 amide bonds. The minimum Gasteiger partial charge on any atom is -0.339 e. The molecule has 1 radical (unpaired) electrons. The van der Waals surface area contributed by atoms with Crippen LogP contribution in [0.1, 0.15) is 32.1 Å². The van der Waals surface area contributed by atoms with E-state index in [-0.39, 0.29) is 23.0 Å². The molecule has 0 aromatic heterocycles. The smallest absolute Gasteiger partial charge is 0.254 e. The molecule has 0 aromatic carbocycles. The second-order valence-corrected chi connectivity index (χ2v) is 5.24. The second-order valence-electron chi connectivity index (χ2n) is 5.24. The molecule has 0 saturated carbocycles. The third-order valence-corrected chi connectivity index (χ3v) is 3.85. The highest BCUT2D eigenvalue weighted by molar-refractivity contribution is 6.09. The predicted octanol–water partition coefficient (Wildman–Crippen LogP) is 1.54. The molecule has 2 aliphatic heterocycles. The maximum Gasteiger partial charge on any atom is 0.254 e. The van der Waals surface area contributed by atoms with Crippen LogP contribution in [0.15, 0.2) is 17.7 Å². The molecule has 4 heteroatoms. The molecule has 2 fully saturated rings. The van der Waals surface area contributed by atoms with Gasteiger partial charge in [-0.1, -0.05) is 6.58 Å². The first kappa shape index (κ1) is 13.8. The fraction of sp³-hybridized carbons (Fsp3) is 0.600. The molecule has 103 valence electrons. The zero-order valence-corrected chi connectivity index (χ0v) is 11.4. The first-order chi connectivity index (χ1) is 9.11. The molecule has 2 heterocycles. The summed E-state index contributed by atoms with van der Waals surface area (Å²) >= 11 is 0. The lowest BCUT2D eigenvalue weighted by Crippen LogP contribution is -2.38. The summed E-state index contributed by atoms with van der Waals surface area (Å²) in [6, 6.07) is 0. The summed E-state index contributed by atoms with van der Waals surface area (Å²) in [6.07, 6.45) is 5.19. The molecule has 0 aromatic rings. The molecular weight excluding hydrogens is 240 g/mol. The van der Waals surface area contributed by atoms with Crippen LogP contribution in [0.25, 0.3) is 0 Å². The van der Waals surface area contributed by atoms with Crippen LogP contribution in [-0.2, 0) is 9.59 Å². The summed E-state index contributed by atoms with van der Waals surface area (Å²) < 4.78 is 0. The maximum atomic E-state index is 12.2. The van der Waals surface area contributed by atoms with Crippen molar-refractivity contribution in [2.24, 2.45) is 0 Å². The average Bonchev–Trinajstić information content (AvgIpc) is 2.99. The van der Waals surface area contributed by atoms with Gasteiger partial charge in [-0.25, -0.2) is 0 Å². The first-order valence-electron chi connectivity index (χ1n) is 7.01. The highest BCUT2D eigenvalue weighted by atomic mass is 16.2. The van der Waals surface area contributed by atoms with E-state index in [0.717, 1.165) is 58.3 Å². The van der Waals surface area contributed by atoms with Crippen LogP contribution < -0.4 is 0 Å². The van der Waals surface area contributed by atoms with Crippen molar-refractivity contribution in [3.05, 3.63) is 24.3 Å². The van der Waals surface area contributed by atoms with E-state index < -0.39 is 0 Å². The molecule has 2 aliphatic rings. The fourth-order valence-electron chi connectivity index (χ4n) is 2.62. The summed E-state index contributed by atoms with van der Waals surface area (Å²) in [5.74, 6) is -0.433. The van der Waals surface area contributed by atoms with Crippen LogP contribution in [-0.4, -0.2) is 47.8 Å². The number of carbonyl (C=O) groups excluding carboxylic acids is 2. The van der Waals surface area contributed by atoms with E-state index in [4.69, 9.17) is 6.58 Å². The van der Waals surface area contributed by atoms with E-state index in [2.05, 4.69) is 6.58 Å². The Kier molecular flexibility index (Phi) is 4.40. The van der Waals surface area contributed by atoms with E-state index in [9.17, 15) is 9.59 Å². The Bertz CT molecular complexity index is 402. The molecule has 0 bridgehead atoms. The van der Waals surface area contributed by atoms with Crippen LogP contribution in [0, 0.1) is 6.58 Å². The maximum absolute atomic E-state index is 12.2. The number of hydrogen-bond acceptors (Lipinski definition) is 2. The molecule has 0 unspecified atom stereocenters. The number of hydrogen-bond donors (Lipinski definition) is 0. The lowest BCUT2D eigenvalue weighted by molar-refractivity contribution is -0.130. The summed E-state index contributed by atoms with van der Waals surface area (Å²) in [5.41, 5.74) is 0.163. The SMILES string of the molecule is [CH]=C(C(=C)C(=O)N1CCCC1)C(=O)N1CCCCC1. The number of likely N-dealkylation sites (tertiary alicyclic amines) is 2. The number of piperidine rings is 1. The van der Waals surface area contributed by atoms with Gasteiger partial charge in [0.2, 0.25) is 0 Å². The summed E-state index contributed by atoms with van der Waals surface area (Å²) in [7, 11) is 0. The van der Waals surface area contributed by atoms with Gasteiger partial charge < -0.3 is 9.80 Å². The predicted molar refractivity (Wildman–Crippen MR) is 73.2 cm³/mol. The monoisotopic (exact) mass is 261 g/mol. The zero-order chi connectivity index (χ0) is 13.8. The first-order valence-corrected chi connectivity index (χ1v) is 7.01. The Morgan fingerprint density at radius 1 is 0.789 bits per heavy atom. The van der Waals surface area contributed by atoms with Gasteiger partial charge in [0, 0.05) is 31.8 Å². The van der Waals surface area contributed by atoms with E-state index in [1.54, 1.807) is 9.80 Å². The number of nitrogens with zero attached hydrogens (tertiary/aromatic N) is 2. The van der Waals surface area contributed by atoms with Gasteiger partial charge in [-0.3, -0.25) is 9.59 Å². The molecule has 0 N–H and O–H groups in total. The largest absolute Gasteiger partial charge is 0.339 e. The third-order valence-electron chi connectivity index (χ3n) is 3.85. The number of amides is 2. The Balaban J connectivity index is 1.95. The molecule has 2 rings (SSSR count). The third kappa shape index (κ3) is 3.06. The minimum absolute atomic E-state index is 0.0128. The van der Waals surface area contributed by atoms with Gasteiger partial charge in [-0.2, -0.15) is 0 Å². The van der Waals surface area contributed by atoms with Crippen LogP contribution in [0.4, 0.5) is 0 Å². The van der Waals surface area contributed by atoms with Crippen LogP contribution in [0.3, 0.4) is 0 Å². The summed E-state index contributed by atoms with van der Waals surface area (Å²) in [6.45, 7) is 12.5. The van der Waals surface area contributed by atoms with Gasteiger partial charge in [-0.15, -0.1) is 0 Å². The molecule has 4 nitrogen and oxygen atoms in total. The van der Waals surface area contributed by atoms with Crippen molar-refractivity contribution >= 4 is 11.8 Å². The fourth-order valence-corrected chi connectivity index (χ4v) is 2.62. The average molecular weight is 261 g/mol. The summed E-state index contributed by atoms with van der Waals surface area (Å²) in [5, 5.41) is 0. The second kappa shape index (κ2) is 6.04. The number of carbonyl (C=O) groups is 2. The Morgan fingerprint density at radius 2 is 1.21 bits per heavy atom. The standard InChI is InChI=1S/C15H21N2O2/c1-12(14(18)16-8-4-3-5-9-16)13(2)15(19)17-10-6-7-11-17/h1H,2-11H2. The highest BCUT2D eigenvalue weighted by Gasteiger charge is 2.27. The normalized spacial score (nSPS) is 19.4. The lowest BCUT2D eigenvalue weighted by atomic mass is 10.0. The molecule has 19 heavy (non-hydrogen) atoms. The van der Waals surface area contributed by atoms with Gasteiger partial charge >= 0.3 is 0 Å². The zero-order valence-electron chi connectivity index (χ0n) is 11.4. The lowest BCUT2D eigenvalue weighted by Gasteiger charge is -2.28. The Labute approximate surface area is 114 Å². The van der Waals surface area contributed by atoms with Gasteiger partial charge in [0.25, 0.3) is 11.8 Å². The van der Waals surface area contributed by atoms with Gasteiger partial charge in [0.05, 0.1) is 5.57 Å². The van der Waals surface area contributed by atoms with Crippen molar-refractivity contribution in [2.75, 3.05) is 26.2 Å². The van der Waals surface area contributed by atoms with Gasteiger partial charge in [0.15, 0.2) is 0 Å². The van der Waals surface area contributed by atoms with Crippen LogP contribution in [0.5, 0.6) is 0 Å². The van der Waals surface area contributed by atoms with Crippen molar-refractivity contribution in [3.8, 4) is 0 Å². The van der Waals surface area contributed by atoms with Crippen LogP contribution >= 0.6 is 0 Å². The van der Waals surface area contributed by atoms with Crippen molar-refractivity contribution in [3.63, 3.8) is 0 Å². The topological polar surface area (TPSA) is 40.6 Å². The summed E-state index contributed by atoms with van der Waals surface area (Å²) in [4.78, 5) is 27.8. The van der Waals surface area contributed by atoms with Crippen LogP contribution in [0.2, 0.25) is 0 Å². The molecular formula is C15H21N2O2. The van der Waals surface area contributed by atoms with Gasteiger partial charge in [-0.05, 0) is 38.7 Å². The van der Waals surface area contributed by atoms with E-state index in [0.29, 0.717) is 0 Å². The number of rotatable bonds is 3. The van der Waals surface area contributed by atoms with Gasteiger partial charge in [0.1, 0.15) is 0 Å². The molecule has 2 saturated heterocycles. The Hall–Kier alpha value is -1.58. The Morgan fingerprint density at radius 3 is 1.74 bits per heavy atom. The van der Waals surface area contributed by atoms with Crippen molar-refractivity contribution in [1.82, 2.24) is 9.80 Å². The molecule has 0 spiro atoms. The molecule has 0 atom stereocenters. The van der Waals surface area contributed by atoms with Crippen molar-refractivity contribution < 1.29 is 9.59 Å². The molecule has 0 aliphatic carbocycles. The van der Waals surface area contributed by atoms with E-state index in [1.165, 1.54) is 0 Å². The highest BCUT2D eigenvalue weighted by Crippen LogP contribution is 2.18. The minimum atomic E-state index is -0.239. The van der Waals surface area contributed by atoms with E-state index in [1.807, 2.05) is 0 Å². The van der Waals surface area contributed by atoms with Crippen molar-refractivity contribution in [2.45, 2.75) is 32.1 Å². The quantitative estimate of drug-likeness (QED) is 0.571.